The first-order valence-electron chi connectivity index (χ1n) is 13.1. The molecule has 2 fully saturated rings. The van der Waals surface area contributed by atoms with E-state index in [2.05, 4.69) is 21.9 Å². The molecule has 3 heterocycles. The summed E-state index contributed by atoms with van der Waals surface area (Å²) >= 11 is 1.77. The second-order valence-corrected chi connectivity index (χ2v) is 11.5. The highest BCUT2D eigenvalue weighted by Gasteiger charge is 2.33. The smallest absolute Gasteiger partial charge is 0.236 e. The van der Waals surface area contributed by atoms with Gasteiger partial charge in [0.05, 0.1) is 18.0 Å². The predicted octanol–water partition coefficient (Wildman–Crippen LogP) is 4.13. The van der Waals surface area contributed by atoms with E-state index in [9.17, 15) is 9.90 Å². The number of thiophene rings is 1. The number of nitrogens with zero attached hydrogens (tertiary/aromatic N) is 4. The zero-order valence-electron chi connectivity index (χ0n) is 20.5. The molecule has 8 heteroatoms. The van der Waals surface area contributed by atoms with E-state index in [1.54, 1.807) is 17.7 Å². The molecule has 0 radical (unpaired) electrons. The third-order valence-corrected chi connectivity index (χ3v) is 9.29. The van der Waals surface area contributed by atoms with Gasteiger partial charge in [-0.15, -0.1) is 11.3 Å². The van der Waals surface area contributed by atoms with Gasteiger partial charge in [-0.25, -0.2) is 9.97 Å². The average Bonchev–Trinajstić information content (AvgIpc) is 3.58. The molecule has 0 unspecified atom stereocenters. The Balaban J connectivity index is 1.22. The minimum atomic E-state index is -0.260. The Morgan fingerprint density at radius 3 is 2.74 bits per heavy atom. The van der Waals surface area contributed by atoms with E-state index in [-0.39, 0.29) is 18.1 Å². The van der Waals surface area contributed by atoms with Crippen LogP contribution in [-0.4, -0.2) is 75.7 Å². The lowest BCUT2D eigenvalue weighted by molar-refractivity contribution is -0.131. The fraction of sp³-hybridized carbons (Fsp3) is 0.731. The van der Waals surface area contributed by atoms with Crippen molar-refractivity contribution in [3.05, 3.63) is 16.8 Å². The predicted molar refractivity (Wildman–Crippen MR) is 135 cm³/mol. The van der Waals surface area contributed by atoms with E-state index >= 15 is 0 Å². The van der Waals surface area contributed by atoms with Crippen LogP contribution in [-0.2, 0) is 11.2 Å². The van der Waals surface area contributed by atoms with Crippen molar-refractivity contribution in [3.63, 3.8) is 0 Å². The SMILES string of the molecule is CC[C@@H](O)C[C@H]1CCc2sc3ncnc(OC4CCC(N(C)CC(=O)N5CCCC5)CC4)c3c21. The van der Waals surface area contributed by atoms with Crippen molar-refractivity contribution in [1.82, 2.24) is 19.8 Å². The van der Waals surface area contributed by atoms with Gasteiger partial charge in [0.15, 0.2) is 0 Å². The van der Waals surface area contributed by atoms with Crippen LogP contribution in [0.5, 0.6) is 5.88 Å². The molecule has 1 saturated heterocycles. The summed E-state index contributed by atoms with van der Waals surface area (Å²) in [4.78, 5) is 28.3. The highest BCUT2D eigenvalue weighted by molar-refractivity contribution is 7.19. The summed E-state index contributed by atoms with van der Waals surface area (Å²) in [6.07, 6.45) is 11.6. The van der Waals surface area contributed by atoms with Crippen LogP contribution < -0.4 is 4.74 Å². The number of carbonyl (C=O) groups is 1. The number of aromatic nitrogens is 2. The Labute approximate surface area is 206 Å². The van der Waals surface area contributed by atoms with E-state index in [1.165, 1.54) is 10.4 Å². The average molecular weight is 487 g/mol. The highest BCUT2D eigenvalue weighted by Crippen LogP contribution is 2.48. The number of aryl methyl sites for hydroxylation is 1. The quantitative estimate of drug-likeness (QED) is 0.605. The van der Waals surface area contributed by atoms with E-state index in [1.807, 2.05) is 11.8 Å². The Morgan fingerprint density at radius 2 is 2.00 bits per heavy atom. The monoisotopic (exact) mass is 486 g/mol. The molecule has 2 aromatic rings. The first-order valence-corrected chi connectivity index (χ1v) is 13.9. The molecule has 3 aliphatic rings. The van der Waals surface area contributed by atoms with Crippen molar-refractivity contribution >= 4 is 27.5 Å². The number of aliphatic hydroxyl groups is 1. The van der Waals surface area contributed by atoms with Crippen molar-refractivity contribution in [2.24, 2.45) is 0 Å². The first kappa shape index (κ1) is 23.9. The van der Waals surface area contributed by atoms with Gasteiger partial charge in [0.1, 0.15) is 17.3 Å². The van der Waals surface area contributed by atoms with Crippen LogP contribution in [0.15, 0.2) is 6.33 Å². The maximum Gasteiger partial charge on any atom is 0.236 e. The molecule has 2 aromatic heterocycles. The molecule has 2 atom stereocenters. The number of fused-ring (bicyclic) bond motifs is 3. The topological polar surface area (TPSA) is 78.8 Å². The highest BCUT2D eigenvalue weighted by atomic mass is 32.1. The van der Waals surface area contributed by atoms with Gasteiger partial charge >= 0.3 is 0 Å². The summed E-state index contributed by atoms with van der Waals surface area (Å²) in [6.45, 7) is 4.41. The molecule has 0 bridgehead atoms. The number of aliphatic hydroxyl groups excluding tert-OH is 1. The molecule has 7 nitrogen and oxygen atoms in total. The number of carbonyl (C=O) groups excluding carboxylic acids is 1. The number of likely N-dealkylation sites (tertiary alicyclic amines) is 1. The molecule has 1 amide bonds. The van der Waals surface area contributed by atoms with Gasteiger partial charge in [0.25, 0.3) is 0 Å². The van der Waals surface area contributed by atoms with Gasteiger partial charge in [-0.05, 0) is 82.7 Å². The first-order chi connectivity index (χ1) is 16.5. The zero-order valence-corrected chi connectivity index (χ0v) is 21.4. The van der Waals surface area contributed by atoms with E-state index in [0.717, 1.165) is 93.4 Å². The molecule has 0 spiro atoms. The van der Waals surface area contributed by atoms with Crippen molar-refractivity contribution in [1.29, 1.82) is 0 Å². The van der Waals surface area contributed by atoms with Crippen LogP contribution in [0.4, 0.5) is 0 Å². The minimum Gasteiger partial charge on any atom is -0.474 e. The van der Waals surface area contributed by atoms with Gasteiger partial charge in [-0.1, -0.05) is 6.92 Å². The summed E-state index contributed by atoms with van der Waals surface area (Å²) in [5.74, 6) is 1.36. The molecule has 1 N–H and O–H groups in total. The summed E-state index contributed by atoms with van der Waals surface area (Å²) < 4.78 is 6.52. The second-order valence-electron chi connectivity index (χ2n) is 10.4. The maximum absolute atomic E-state index is 12.5. The van der Waals surface area contributed by atoms with E-state index in [0.29, 0.717) is 18.5 Å². The van der Waals surface area contributed by atoms with Crippen LogP contribution in [0.25, 0.3) is 10.2 Å². The third-order valence-electron chi connectivity index (χ3n) is 8.11. The van der Waals surface area contributed by atoms with Gasteiger partial charge in [-0.2, -0.15) is 0 Å². The fourth-order valence-electron chi connectivity index (χ4n) is 6.03. The van der Waals surface area contributed by atoms with Crippen molar-refractivity contribution in [3.8, 4) is 5.88 Å². The molecule has 5 rings (SSSR count). The van der Waals surface area contributed by atoms with Crippen LogP contribution >= 0.6 is 11.3 Å². The van der Waals surface area contributed by atoms with E-state index < -0.39 is 0 Å². The van der Waals surface area contributed by atoms with Crippen molar-refractivity contribution < 1.29 is 14.6 Å². The summed E-state index contributed by atoms with van der Waals surface area (Å²) in [7, 11) is 2.09. The van der Waals surface area contributed by atoms with Crippen molar-refractivity contribution in [2.75, 3.05) is 26.7 Å². The zero-order chi connectivity index (χ0) is 23.7. The molecule has 0 aromatic carbocycles. The Kier molecular flexibility index (Phi) is 7.37. The van der Waals surface area contributed by atoms with E-state index in [4.69, 9.17) is 4.74 Å². The molecule has 186 valence electrons. The molecule has 2 aliphatic carbocycles. The number of likely N-dealkylation sites (N-methyl/N-ethyl adjacent to an activating group) is 1. The van der Waals surface area contributed by atoms with Gasteiger partial charge in [-0.3, -0.25) is 9.69 Å². The lowest BCUT2D eigenvalue weighted by Crippen LogP contribution is -2.44. The Morgan fingerprint density at radius 1 is 1.24 bits per heavy atom. The Hall–Kier alpha value is -1.77. The summed E-state index contributed by atoms with van der Waals surface area (Å²) in [6, 6.07) is 0.433. The van der Waals surface area contributed by atoms with Crippen LogP contribution in [0.2, 0.25) is 0 Å². The number of hydrogen-bond acceptors (Lipinski definition) is 7. The molecular weight excluding hydrogens is 448 g/mol. The maximum atomic E-state index is 12.5. The van der Waals surface area contributed by atoms with Gasteiger partial charge < -0.3 is 14.7 Å². The fourth-order valence-corrected chi connectivity index (χ4v) is 7.26. The molecule has 34 heavy (non-hydrogen) atoms. The van der Waals surface area contributed by atoms with Crippen LogP contribution in [0.3, 0.4) is 0 Å². The number of ether oxygens (including phenoxy) is 1. The molecule has 1 aliphatic heterocycles. The molecule has 1 saturated carbocycles. The lowest BCUT2D eigenvalue weighted by Gasteiger charge is -2.35. The summed E-state index contributed by atoms with van der Waals surface area (Å²) in [5.41, 5.74) is 1.33. The number of rotatable bonds is 8. The second kappa shape index (κ2) is 10.5. The number of hydrogen-bond donors (Lipinski definition) is 1. The summed E-state index contributed by atoms with van der Waals surface area (Å²) in [5, 5.41) is 11.4. The largest absolute Gasteiger partial charge is 0.474 e. The van der Waals surface area contributed by atoms with Gasteiger partial charge in [0.2, 0.25) is 11.8 Å². The standard InChI is InChI=1S/C26H38N4O3S/c1-3-19(31)14-17-6-11-21-23(17)24-25(27-16-28-26(24)34-21)33-20-9-7-18(8-10-20)29(2)15-22(32)30-12-4-5-13-30/h16-20,31H,3-15H2,1-2H3/t17-,18?,19-,20?/m1/s1. The Bertz CT molecular complexity index is 997. The normalized spacial score (nSPS) is 25.8. The number of amides is 1. The van der Waals surface area contributed by atoms with Gasteiger partial charge in [0, 0.05) is 24.0 Å². The molecular formula is C26H38N4O3S. The van der Waals surface area contributed by atoms with Crippen molar-refractivity contribution in [2.45, 2.75) is 95.3 Å². The van der Waals surface area contributed by atoms with Crippen LogP contribution in [0.1, 0.15) is 81.1 Å². The third kappa shape index (κ3) is 4.95. The lowest BCUT2D eigenvalue weighted by atomic mass is 9.91. The van der Waals surface area contributed by atoms with Crippen LogP contribution in [0, 0.1) is 0 Å². The minimum absolute atomic E-state index is 0.147.